The largest absolute Gasteiger partial charge is 0.349 e. The molecule has 0 heterocycles. The van der Waals surface area contributed by atoms with Gasteiger partial charge in [-0.3, -0.25) is 14.9 Å². The number of rotatable bonds is 3. The van der Waals surface area contributed by atoms with Gasteiger partial charge in [-0.1, -0.05) is 13.8 Å². The van der Waals surface area contributed by atoms with Gasteiger partial charge in [-0.2, -0.15) is 0 Å². The maximum atomic E-state index is 12.3. The van der Waals surface area contributed by atoms with Crippen molar-refractivity contribution in [3.05, 3.63) is 38.3 Å². The minimum absolute atomic E-state index is 0.0750. The molecule has 1 aromatic carbocycles. The van der Waals surface area contributed by atoms with Crippen LogP contribution in [0, 0.1) is 22.0 Å². The molecule has 1 N–H and O–H groups in total. The topological polar surface area (TPSA) is 72.2 Å². The lowest BCUT2D eigenvalue weighted by molar-refractivity contribution is -0.384. The molecule has 0 spiro atoms. The van der Waals surface area contributed by atoms with Crippen LogP contribution in [0.2, 0.25) is 0 Å². The van der Waals surface area contributed by atoms with Crippen LogP contribution in [0.15, 0.2) is 22.7 Å². The van der Waals surface area contributed by atoms with Gasteiger partial charge in [-0.25, -0.2) is 0 Å². The predicted molar refractivity (Wildman–Crippen MR) is 84.2 cm³/mol. The highest BCUT2D eigenvalue weighted by Crippen LogP contribution is 2.30. The molecule has 0 saturated heterocycles. The lowest BCUT2D eigenvalue weighted by Gasteiger charge is -2.32. The summed E-state index contributed by atoms with van der Waals surface area (Å²) >= 11 is 3.28. The Labute approximate surface area is 132 Å². The molecule has 6 heteroatoms. The number of carbonyl (C=O) groups excluding carboxylic acids is 1. The second-order valence-electron chi connectivity index (χ2n) is 5.86. The van der Waals surface area contributed by atoms with Crippen molar-refractivity contribution in [1.82, 2.24) is 5.32 Å². The highest BCUT2D eigenvalue weighted by Gasteiger charge is 2.26. The SMILES string of the molecule is CC1CCC(NC(=O)c2cc([N+](=O)[O-])ccc2Br)CC1C. The summed E-state index contributed by atoms with van der Waals surface area (Å²) in [4.78, 5) is 22.7. The molecule has 0 bridgehead atoms. The molecule has 21 heavy (non-hydrogen) atoms. The van der Waals surface area contributed by atoms with Crippen molar-refractivity contribution in [3.8, 4) is 0 Å². The lowest BCUT2D eigenvalue weighted by atomic mass is 9.79. The van der Waals surface area contributed by atoms with E-state index < -0.39 is 4.92 Å². The van der Waals surface area contributed by atoms with E-state index in [0.29, 0.717) is 21.9 Å². The molecular weight excluding hydrogens is 336 g/mol. The Morgan fingerprint density at radius 1 is 1.33 bits per heavy atom. The number of nitro groups is 1. The second-order valence-corrected chi connectivity index (χ2v) is 6.71. The lowest BCUT2D eigenvalue weighted by Crippen LogP contribution is -2.40. The van der Waals surface area contributed by atoms with E-state index in [1.165, 1.54) is 12.1 Å². The number of halogens is 1. The van der Waals surface area contributed by atoms with Gasteiger partial charge in [0.2, 0.25) is 0 Å². The van der Waals surface area contributed by atoms with Crippen molar-refractivity contribution in [3.63, 3.8) is 0 Å². The molecular formula is C15H19BrN2O3. The Morgan fingerprint density at radius 2 is 2.05 bits per heavy atom. The van der Waals surface area contributed by atoms with Gasteiger partial charge in [0.1, 0.15) is 0 Å². The molecule has 1 aromatic rings. The Balaban J connectivity index is 2.10. The first-order chi connectivity index (χ1) is 9.88. The molecule has 3 unspecified atom stereocenters. The molecule has 1 fully saturated rings. The van der Waals surface area contributed by atoms with Crippen molar-refractivity contribution in [2.45, 2.75) is 39.2 Å². The molecule has 5 nitrogen and oxygen atoms in total. The normalized spacial score (nSPS) is 25.4. The monoisotopic (exact) mass is 354 g/mol. The highest BCUT2D eigenvalue weighted by atomic mass is 79.9. The number of non-ortho nitro benzene ring substituents is 1. The fourth-order valence-electron chi connectivity index (χ4n) is 2.74. The molecule has 1 amide bonds. The van der Waals surface area contributed by atoms with E-state index in [1.807, 2.05) is 0 Å². The maximum Gasteiger partial charge on any atom is 0.270 e. The molecule has 2 rings (SSSR count). The van der Waals surface area contributed by atoms with Crippen LogP contribution in [0.4, 0.5) is 5.69 Å². The van der Waals surface area contributed by atoms with Crippen LogP contribution in [0.5, 0.6) is 0 Å². The summed E-state index contributed by atoms with van der Waals surface area (Å²) in [6.07, 6.45) is 3.02. The summed E-state index contributed by atoms with van der Waals surface area (Å²) in [5.74, 6) is 1.01. The van der Waals surface area contributed by atoms with E-state index in [-0.39, 0.29) is 17.6 Å². The van der Waals surface area contributed by atoms with Gasteiger partial charge in [0.05, 0.1) is 10.5 Å². The fourth-order valence-corrected chi connectivity index (χ4v) is 3.17. The molecule has 0 radical (unpaired) electrons. The first-order valence-corrected chi connectivity index (χ1v) is 7.92. The van der Waals surface area contributed by atoms with Crippen LogP contribution < -0.4 is 5.32 Å². The van der Waals surface area contributed by atoms with Crippen LogP contribution in [-0.4, -0.2) is 16.9 Å². The fraction of sp³-hybridized carbons (Fsp3) is 0.533. The van der Waals surface area contributed by atoms with Gasteiger partial charge >= 0.3 is 0 Å². The summed E-state index contributed by atoms with van der Waals surface area (Å²) in [5, 5.41) is 13.8. The average molecular weight is 355 g/mol. The van der Waals surface area contributed by atoms with Gasteiger partial charge in [-0.05, 0) is 53.1 Å². The Hall–Kier alpha value is -1.43. The number of carbonyl (C=O) groups is 1. The van der Waals surface area contributed by atoms with Crippen molar-refractivity contribution >= 4 is 27.5 Å². The number of nitro benzene ring substituents is 1. The molecule has 1 aliphatic rings. The van der Waals surface area contributed by atoms with Gasteiger partial charge in [0, 0.05) is 22.6 Å². The van der Waals surface area contributed by atoms with Crippen LogP contribution in [0.1, 0.15) is 43.5 Å². The van der Waals surface area contributed by atoms with Gasteiger partial charge in [-0.15, -0.1) is 0 Å². The third-order valence-electron chi connectivity index (χ3n) is 4.34. The molecule has 0 aliphatic heterocycles. The number of amides is 1. The zero-order valence-corrected chi connectivity index (χ0v) is 13.7. The molecule has 3 atom stereocenters. The van der Waals surface area contributed by atoms with E-state index in [1.54, 1.807) is 6.07 Å². The van der Waals surface area contributed by atoms with Crippen molar-refractivity contribution < 1.29 is 9.72 Å². The zero-order valence-electron chi connectivity index (χ0n) is 12.1. The second kappa shape index (κ2) is 6.56. The van der Waals surface area contributed by atoms with Gasteiger partial charge in [0.15, 0.2) is 0 Å². The third-order valence-corrected chi connectivity index (χ3v) is 5.03. The molecule has 1 saturated carbocycles. The Kier molecular flexibility index (Phi) is 4.98. The summed E-state index contributed by atoms with van der Waals surface area (Å²) in [7, 11) is 0. The van der Waals surface area contributed by atoms with Gasteiger partial charge < -0.3 is 5.32 Å². The number of benzene rings is 1. The van der Waals surface area contributed by atoms with Crippen LogP contribution >= 0.6 is 15.9 Å². The number of nitrogens with zero attached hydrogens (tertiary/aromatic N) is 1. The van der Waals surface area contributed by atoms with E-state index in [4.69, 9.17) is 0 Å². The summed E-state index contributed by atoms with van der Waals surface area (Å²) in [6.45, 7) is 4.44. The van der Waals surface area contributed by atoms with E-state index >= 15 is 0 Å². The Morgan fingerprint density at radius 3 is 2.67 bits per heavy atom. The minimum atomic E-state index is -0.492. The van der Waals surface area contributed by atoms with E-state index in [9.17, 15) is 14.9 Å². The number of hydrogen-bond donors (Lipinski definition) is 1. The summed E-state index contributed by atoms with van der Waals surface area (Å²) < 4.78 is 0.572. The van der Waals surface area contributed by atoms with Gasteiger partial charge in [0.25, 0.3) is 11.6 Å². The van der Waals surface area contributed by atoms with Crippen molar-refractivity contribution in [1.29, 1.82) is 0 Å². The van der Waals surface area contributed by atoms with E-state index in [0.717, 1.165) is 19.3 Å². The quantitative estimate of drug-likeness (QED) is 0.660. The van der Waals surface area contributed by atoms with Crippen molar-refractivity contribution in [2.75, 3.05) is 0 Å². The summed E-state index contributed by atoms with van der Waals surface area (Å²) in [6, 6.07) is 4.38. The number of hydrogen-bond acceptors (Lipinski definition) is 3. The Bertz CT molecular complexity index is 562. The summed E-state index contributed by atoms with van der Waals surface area (Å²) in [5.41, 5.74) is 0.240. The standard InChI is InChI=1S/C15H19BrN2O3/c1-9-3-4-11(7-10(9)2)17-15(19)13-8-12(18(20)21)5-6-14(13)16/h5-6,8-11H,3-4,7H2,1-2H3,(H,17,19). The maximum absolute atomic E-state index is 12.3. The zero-order chi connectivity index (χ0) is 15.6. The van der Waals surface area contributed by atoms with Crippen LogP contribution in [-0.2, 0) is 0 Å². The van der Waals surface area contributed by atoms with E-state index in [2.05, 4.69) is 35.1 Å². The molecule has 114 valence electrons. The predicted octanol–water partition coefficient (Wildman–Crippen LogP) is 3.91. The first kappa shape index (κ1) is 15.9. The average Bonchev–Trinajstić information content (AvgIpc) is 2.43. The first-order valence-electron chi connectivity index (χ1n) is 7.13. The smallest absolute Gasteiger partial charge is 0.270 e. The third kappa shape index (κ3) is 3.81. The number of nitrogens with one attached hydrogen (secondary N) is 1. The molecule has 1 aliphatic carbocycles. The van der Waals surface area contributed by atoms with Crippen LogP contribution in [0.25, 0.3) is 0 Å². The molecule has 0 aromatic heterocycles. The highest BCUT2D eigenvalue weighted by molar-refractivity contribution is 9.10. The minimum Gasteiger partial charge on any atom is -0.349 e. The van der Waals surface area contributed by atoms with Crippen molar-refractivity contribution in [2.24, 2.45) is 11.8 Å². The van der Waals surface area contributed by atoms with Crippen LogP contribution in [0.3, 0.4) is 0 Å².